The number of carbonyl (C=O) groups is 5. The molecule has 2 aromatic carbocycles. The molecule has 4 atom stereocenters. The minimum atomic E-state index is -1.54. The fourth-order valence-corrected chi connectivity index (χ4v) is 5.81. The molecule has 3 aliphatic heterocycles. The number of ether oxygens (including phenoxy) is 2. The molecule has 1 fully saturated rings. The Bertz CT molecular complexity index is 1670. The van der Waals surface area contributed by atoms with E-state index >= 15 is 0 Å². The van der Waals surface area contributed by atoms with Gasteiger partial charge in [-0.25, -0.2) is 4.98 Å². The summed E-state index contributed by atoms with van der Waals surface area (Å²) in [5.74, 6) is -1.76. The number of nitrogens with zero attached hydrogens (tertiary/aromatic N) is 2. The van der Waals surface area contributed by atoms with E-state index in [0.717, 1.165) is 5.56 Å². The van der Waals surface area contributed by atoms with Crippen molar-refractivity contribution < 1.29 is 43.0 Å². The predicted octanol–water partition coefficient (Wildman–Crippen LogP) is 0.643. The maximum absolute atomic E-state index is 14.1. The van der Waals surface area contributed by atoms with Crippen LogP contribution in [0.2, 0.25) is 0 Å². The van der Waals surface area contributed by atoms with Gasteiger partial charge in [-0.3, -0.25) is 24.0 Å². The second-order valence-corrected chi connectivity index (χ2v) is 12.4. The molecule has 1 saturated heterocycles. The molecule has 15 heteroatoms. The molecule has 5 N–H and O–H groups in total. The molecule has 1 spiro atoms. The summed E-state index contributed by atoms with van der Waals surface area (Å²) in [4.78, 5) is 72.7. The smallest absolute Gasteiger partial charge is 0.276 e. The van der Waals surface area contributed by atoms with Crippen molar-refractivity contribution in [3.05, 3.63) is 78.0 Å². The van der Waals surface area contributed by atoms with Gasteiger partial charge in [0.1, 0.15) is 42.0 Å². The number of rotatable bonds is 4. The van der Waals surface area contributed by atoms with E-state index in [-0.39, 0.29) is 57.1 Å². The van der Waals surface area contributed by atoms with Crippen LogP contribution in [-0.2, 0) is 25.6 Å². The number of aromatic nitrogens is 1. The fourth-order valence-electron chi connectivity index (χ4n) is 5.81. The lowest BCUT2D eigenvalue weighted by atomic mass is 9.89. The lowest BCUT2D eigenvalue weighted by Crippen LogP contribution is -2.63. The van der Waals surface area contributed by atoms with Crippen molar-refractivity contribution in [3.8, 4) is 11.5 Å². The molecule has 4 heterocycles. The van der Waals surface area contributed by atoms with E-state index in [4.69, 9.17) is 13.9 Å². The number of aryl methyl sites for hydroxylation is 1. The number of likely N-dealkylation sites (tertiary alicyclic amines) is 1. The molecule has 6 rings (SSSR count). The Morgan fingerprint density at radius 3 is 2.28 bits per heavy atom. The number of aliphatic hydroxyl groups excluding tert-OH is 1. The molecule has 0 radical (unpaired) electrons. The van der Waals surface area contributed by atoms with Gasteiger partial charge in [-0.05, 0) is 50.6 Å². The first-order valence-corrected chi connectivity index (χ1v) is 16.5. The lowest BCUT2D eigenvalue weighted by molar-refractivity contribution is -0.145. The average Bonchev–Trinajstić information content (AvgIpc) is 3.54. The summed E-state index contributed by atoms with van der Waals surface area (Å²) >= 11 is 0. The highest BCUT2D eigenvalue weighted by Crippen LogP contribution is 2.31. The summed E-state index contributed by atoms with van der Waals surface area (Å²) in [6, 6.07) is 12.1. The van der Waals surface area contributed by atoms with Crippen LogP contribution in [0.5, 0.6) is 11.5 Å². The predicted molar refractivity (Wildman–Crippen MR) is 178 cm³/mol. The van der Waals surface area contributed by atoms with Crippen LogP contribution in [-0.4, -0.2) is 101 Å². The first-order chi connectivity index (χ1) is 24.0. The van der Waals surface area contributed by atoms with Crippen molar-refractivity contribution in [1.29, 1.82) is 0 Å². The van der Waals surface area contributed by atoms with Crippen molar-refractivity contribution in [3.63, 3.8) is 0 Å². The zero-order chi connectivity index (χ0) is 35.8. The molecule has 50 heavy (non-hydrogen) atoms. The molecular weight excluding hydrogens is 648 g/mol. The Kier molecular flexibility index (Phi) is 11.4. The zero-order valence-corrected chi connectivity index (χ0v) is 28.1. The summed E-state index contributed by atoms with van der Waals surface area (Å²) in [5.41, 5.74) is -0.551. The van der Waals surface area contributed by atoms with Gasteiger partial charge < -0.3 is 45.2 Å². The largest absolute Gasteiger partial charge is 0.492 e. The van der Waals surface area contributed by atoms with E-state index in [0.29, 0.717) is 17.3 Å². The number of piperidine rings is 1. The third kappa shape index (κ3) is 8.58. The maximum atomic E-state index is 14.1. The molecule has 15 nitrogen and oxygen atoms in total. The van der Waals surface area contributed by atoms with Gasteiger partial charge in [0.2, 0.25) is 17.7 Å². The standard InChI is InChI=1S/C35H42N6O9/c1-21-30(43)39-27(19-24-7-5-4-6-8-24)31(44)36-15-18-48-25-9-11-26(12-10-25)50-35(34(47)40-28(22(2)42)32(45)38-21)13-16-41(17-14-35)33(46)29-23(3)49-20-37-29/h4-12,20-22,27-28,42H,13-19H2,1-3H3,(H,36,44)(H,38,45)(H,39,43)(H,40,47)/t21-,22+,27-,28?/m0/s1. The summed E-state index contributed by atoms with van der Waals surface area (Å²) < 4.78 is 17.3. The second kappa shape index (κ2) is 15.8. The molecule has 0 aliphatic carbocycles. The van der Waals surface area contributed by atoms with Crippen LogP contribution >= 0.6 is 0 Å². The minimum Gasteiger partial charge on any atom is -0.492 e. The van der Waals surface area contributed by atoms with E-state index in [1.807, 2.05) is 30.3 Å². The number of benzene rings is 2. The van der Waals surface area contributed by atoms with Crippen LogP contribution in [0.4, 0.5) is 0 Å². The molecule has 2 bridgehead atoms. The zero-order valence-electron chi connectivity index (χ0n) is 28.1. The number of aliphatic hydroxyl groups is 1. The van der Waals surface area contributed by atoms with E-state index < -0.39 is 53.5 Å². The van der Waals surface area contributed by atoms with E-state index in [2.05, 4.69) is 26.3 Å². The highest BCUT2D eigenvalue weighted by atomic mass is 16.5. The van der Waals surface area contributed by atoms with Gasteiger partial charge in [-0.1, -0.05) is 30.3 Å². The average molecular weight is 691 g/mol. The van der Waals surface area contributed by atoms with Crippen LogP contribution < -0.4 is 30.7 Å². The Balaban J connectivity index is 1.39. The fraction of sp³-hybridized carbons (Fsp3) is 0.429. The van der Waals surface area contributed by atoms with Crippen LogP contribution in [0.3, 0.4) is 0 Å². The topological polar surface area (TPSA) is 201 Å². The Morgan fingerprint density at radius 1 is 0.960 bits per heavy atom. The van der Waals surface area contributed by atoms with Crippen molar-refractivity contribution >= 4 is 29.5 Å². The number of amides is 5. The molecule has 3 aliphatic rings. The van der Waals surface area contributed by atoms with Gasteiger partial charge in [-0.2, -0.15) is 0 Å². The van der Waals surface area contributed by atoms with Gasteiger partial charge in [0.25, 0.3) is 11.8 Å². The summed E-state index contributed by atoms with van der Waals surface area (Å²) in [6.45, 7) is 4.93. The quantitative estimate of drug-likeness (QED) is 0.242. The monoisotopic (exact) mass is 690 g/mol. The Labute approximate surface area is 289 Å². The van der Waals surface area contributed by atoms with Crippen molar-refractivity contribution in [2.24, 2.45) is 0 Å². The van der Waals surface area contributed by atoms with E-state index in [1.165, 1.54) is 20.2 Å². The van der Waals surface area contributed by atoms with Gasteiger partial charge in [0.15, 0.2) is 17.7 Å². The van der Waals surface area contributed by atoms with Gasteiger partial charge >= 0.3 is 0 Å². The lowest BCUT2D eigenvalue weighted by Gasteiger charge is -2.41. The third-order valence-electron chi connectivity index (χ3n) is 8.75. The number of nitrogens with one attached hydrogen (secondary N) is 4. The summed E-state index contributed by atoms with van der Waals surface area (Å²) in [5, 5.41) is 21.3. The summed E-state index contributed by atoms with van der Waals surface area (Å²) in [6.07, 6.45) is 0.118. The van der Waals surface area contributed by atoms with E-state index in [1.54, 1.807) is 36.1 Å². The number of oxazole rings is 1. The SMILES string of the molecule is Cc1ocnc1C(=O)N1CCC2(CC1)Oc1ccc(cc1)OCCNC(=O)[C@H](Cc1ccccc1)NC(=O)[C@H](C)NC(=O)C([C@@H](C)O)NC2=O. The molecule has 5 amide bonds. The number of fused-ring (bicyclic) bond motifs is 15. The minimum absolute atomic E-state index is 0.0508. The molecule has 3 aromatic rings. The molecule has 266 valence electrons. The van der Waals surface area contributed by atoms with Crippen LogP contribution in [0.25, 0.3) is 0 Å². The first-order valence-electron chi connectivity index (χ1n) is 16.5. The van der Waals surface area contributed by atoms with Crippen molar-refractivity contribution in [2.45, 2.75) is 69.9 Å². The van der Waals surface area contributed by atoms with Gasteiger partial charge in [0, 0.05) is 32.4 Å². The summed E-state index contributed by atoms with van der Waals surface area (Å²) in [7, 11) is 0. The highest BCUT2D eigenvalue weighted by Gasteiger charge is 2.47. The second-order valence-electron chi connectivity index (χ2n) is 12.4. The number of hydrogen-bond acceptors (Lipinski definition) is 10. The number of carbonyl (C=O) groups excluding carboxylic acids is 5. The van der Waals surface area contributed by atoms with Crippen LogP contribution in [0.1, 0.15) is 48.5 Å². The Morgan fingerprint density at radius 2 is 1.64 bits per heavy atom. The molecule has 1 aromatic heterocycles. The molecule has 1 unspecified atom stereocenters. The normalized spacial score (nSPS) is 22.6. The van der Waals surface area contributed by atoms with E-state index in [9.17, 15) is 29.1 Å². The number of hydrogen-bond donors (Lipinski definition) is 5. The van der Waals surface area contributed by atoms with Crippen LogP contribution in [0.15, 0.2) is 65.4 Å². The first kappa shape index (κ1) is 35.9. The maximum Gasteiger partial charge on any atom is 0.276 e. The molecular formula is C35H42N6O9. The van der Waals surface area contributed by atoms with Gasteiger partial charge in [-0.15, -0.1) is 0 Å². The highest BCUT2D eigenvalue weighted by molar-refractivity contribution is 5.96. The van der Waals surface area contributed by atoms with Gasteiger partial charge in [0.05, 0.1) is 12.6 Å². The molecule has 0 saturated carbocycles. The van der Waals surface area contributed by atoms with Crippen molar-refractivity contribution in [2.75, 3.05) is 26.2 Å². The van der Waals surface area contributed by atoms with Crippen LogP contribution in [0, 0.1) is 6.92 Å². The third-order valence-corrected chi connectivity index (χ3v) is 8.75. The Hall–Kier alpha value is -5.44. The van der Waals surface area contributed by atoms with Crippen molar-refractivity contribution in [1.82, 2.24) is 31.2 Å².